The Kier molecular flexibility index (Phi) is 8.59. The van der Waals surface area contributed by atoms with Gasteiger partial charge < -0.3 is 4.57 Å². The molecule has 0 N–H and O–H groups in total. The van der Waals surface area contributed by atoms with Crippen LogP contribution >= 0.6 is 0 Å². The van der Waals surface area contributed by atoms with Gasteiger partial charge in [-0.2, -0.15) is 26.3 Å². The minimum atomic E-state index is -5.03. The van der Waals surface area contributed by atoms with Crippen LogP contribution in [0.15, 0.2) is 140 Å². The van der Waals surface area contributed by atoms with Gasteiger partial charge in [0, 0.05) is 33.0 Å². The molecule has 0 bridgehead atoms. The van der Waals surface area contributed by atoms with Crippen molar-refractivity contribution in [3.05, 3.63) is 156 Å². The number of benzene rings is 6. The van der Waals surface area contributed by atoms with E-state index in [4.69, 9.17) is 15.0 Å². The van der Waals surface area contributed by atoms with Crippen molar-refractivity contribution in [1.82, 2.24) is 19.5 Å². The molecule has 0 atom stereocenters. The molecule has 8 rings (SSSR count). The molecule has 55 heavy (non-hydrogen) atoms. The van der Waals surface area contributed by atoms with Crippen LogP contribution in [0.2, 0.25) is 0 Å². The summed E-state index contributed by atoms with van der Waals surface area (Å²) in [6, 6.07) is 39.0. The molecule has 0 amide bonds. The van der Waals surface area contributed by atoms with Crippen molar-refractivity contribution in [3.8, 4) is 51.0 Å². The number of para-hydroxylation sites is 1. The van der Waals surface area contributed by atoms with Crippen LogP contribution in [0.4, 0.5) is 26.3 Å². The van der Waals surface area contributed by atoms with Crippen molar-refractivity contribution in [2.75, 3.05) is 0 Å². The zero-order chi connectivity index (χ0) is 38.7. The molecule has 8 aromatic rings. The van der Waals surface area contributed by atoms with Crippen molar-refractivity contribution in [2.45, 2.75) is 38.5 Å². The van der Waals surface area contributed by atoms with Crippen LogP contribution in [0.1, 0.15) is 37.5 Å². The molecule has 2 heterocycles. The number of alkyl halides is 6. The summed E-state index contributed by atoms with van der Waals surface area (Å²) in [7, 11) is 0. The molecule has 0 aliphatic carbocycles. The fourth-order valence-corrected chi connectivity index (χ4v) is 6.84. The molecule has 0 aliphatic rings. The maximum atomic E-state index is 14.2. The highest BCUT2D eigenvalue weighted by Gasteiger charge is 2.37. The second-order valence-corrected chi connectivity index (χ2v) is 14.4. The van der Waals surface area contributed by atoms with Gasteiger partial charge in [0.25, 0.3) is 0 Å². The lowest BCUT2D eigenvalue weighted by molar-refractivity contribution is -0.143. The molecule has 10 heteroatoms. The molecule has 0 saturated carbocycles. The lowest BCUT2D eigenvalue weighted by atomic mass is 9.86. The lowest BCUT2D eigenvalue weighted by Gasteiger charge is -2.21. The van der Waals surface area contributed by atoms with Gasteiger partial charge in [0.2, 0.25) is 0 Å². The van der Waals surface area contributed by atoms with E-state index in [9.17, 15) is 26.3 Å². The third-order valence-corrected chi connectivity index (χ3v) is 9.63. The van der Waals surface area contributed by atoms with Gasteiger partial charge in [0.05, 0.1) is 27.8 Å². The second kappa shape index (κ2) is 13.2. The van der Waals surface area contributed by atoms with Gasteiger partial charge in [-0.05, 0) is 52.9 Å². The van der Waals surface area contributed by atoms with E-state index >= 15 is 0 Å². The van der Waals surface area contributed by atoms with Crippen LogP contribution in [-0.2, 0) is 17.8 Å². The van der Waals surface area contributed by atoms with E-state index in [0.29, 0.717) is 22.9 Å². The van der Waals surface area contributed by atoms with Gasteiger partial charge in [-0.3, -0.25) is 0 Å². The fourth-order valence-electron chi connectivity index (χ4n) is 6.84. The third kappa shape index (κ3) is 6.84. The Morgan fingerprint density at radius 1 is 0.418 bits per heavy atom. The number of hydrogen-bond acceptors (Lipinski definition) is 3. The highest BCUT2D eigenvalue weighted by Crippen LogP contribution is 2.43. The molecule has 274 valence electrons. The van der Waals surface area contributed by atoms with Gasteiger partial charge in [-0.15, -0.1) is 0 Å². The Balaban J connectivity index is 1.47. The van der Waals surface area contributed by atoms with Crippen molar-refractivity contribution in [3.63, 3.8) is 0 Å². The summed E-state index contributed by atoms with van der Waals surface area (Å²) in [6.07, 6.45) is -10.1. The average Bonchev–Trinajstić information content (AvgIpc) is 3.50. The molecule has 0 radical (unpaired) electrons. The normalized spacial score (nSPS) is 12.5. The highest BCUT2D eigenvalue weighted by molar-refractivity contribution is 6.10. The van der Waals surface area contributed by atoms with Gasteiger partial charge in [0.15, 0.2) is 17.5 Å². The second-order valence-electron chi connectivity index (χ2n) is 14.4. The summed E-state index contributed by atoms with van der Waals surface area (Å²) >= 11 is 0. The first-order valence-electron chi connectivity index (χ1n) is 17.5. The maximum absolute atomic E-state index is 14.2. The van der Waals surface area contributed by atoms with Crippen LogP contribution in [0.3, 0.4) is 0 Å². The molecular weight excluding hydrogens is 711 g/mol. The summed E-state index contributed by atoms with van der Waals surface area (Å²) in [5.74, 6) is 1.07. The molecule has 0 spiro atoms. The lowest BCUT2D eigenvalue weighted by Crippen LogP contribution is -2.11. The SMILES string of the molecule is CC(C)(C)c1ccc2c3ccccc3n(-c3cc(-c4nc(-c5ccccc5)nc(-c5ccccc5)n4)ccc3-c3cc(C(F)(F)F)cc(C(F)(F)F)c3)c2c1. The van der Waals surface area contributed by atoms with Crippen molar-refractivity contribution >= 4 is 21.8 Å². The first-order valence-corrected chi connectivity index (χ1v) is 17.5. The first-order chi connectivity index (χ1) is 26.1. The monoisotopic (exact) mass is 742 g/mol. The molecule has 0 fully saturated rings. The van der Waals surface area contributed by atoms with Crippen molar-refractivity contribution in [1.29, 1.82) is 0 Å². The molecule has 0 aliphatic heterocycles. The predicted molar refractivity (Wildman–Crippen MR) is 205 cm³/mol. The van der Waals surface area contributed by atoms with Crippen LogP contribution < -0.4 is 0 Å². The van der Waals surface area contributed by atoms with E-state index in [0.717, 1.165) is 50.6 Å². The summed E-state index contributed by atoms with van der Waals surface area (Å²) < 4.78 is 87.4. The quantitative estimate of drug-likeness (QED) is 0.165. The Bertz CT molecular complexity index is 2620. The summed E-state index contributed by atoms with van der Waals surface area (Å²) in [6.45, 7) is 6.22. The number of nitrogens with zero attached hydrogens (tertiary/aromatic N) is 4. The van der Waals surface area contributed by atoms with Gasteiger partial charge >= 0.3 is 12.4 Å². The zero-order valence-corrected chi connectivity index (χ0v) is 29.8. The van der Waals surface area contributed by atoms with Gasteiger partial charge in [-0.1, -0.05) is 124 Å². The smallest absolute Gasteiger partial charge is 0.309 e. The number of aromatic nitrogens is 4. The standard InChI is InChI=1S/C45H32F6N4/c1-43(2,3)31-19-21-36-35-16-10-11-17-37(35)55(39(36)26-31)38-24-29(18-20-34(38)30-22-32(44(46,47)48)25-33(23-30)45(49,50)51)42-53-40(27-12-6-4-7-13-27)52-41(54-42)28-14-8-5-9-15-28/h4-26H,1-3H3. The number of halogens is 6. The molecular formula is C45H32F6N4. The topological polar surface area (TPSA) is 43.6 Å². The average molecular weight is 743 g/mol. The highest BCUT2D eigenvalue weighted by atomic mass is 19.4. The number of hydrogen-bond donors (Lipinski definition) is 0. The molecule has 0 saturated heterocycles. The molecule has 6 aromatic carbocycles. The summed E-state index contributed by atoms with van der Waals surface area (Å²) in [4.78, 5) is 14.5. The Labute approximate surface area is 312 Å². The van der Waals surface area contributed by atoms with E-state index in [1.54, 1.807) is 18.2 Å². The van der Waals surface area contributed by atoms with Crippen molar-refractivity contribution in [2.24, 2.45) is 0 Å². The summed E-state index contributed by atoms with van der Waals surface area (Å²) in [5.41, 5.74) is 1.61. The maximum Gasteiger partial charge on any atom is 0.416 e. The van der Waals surface area contributed by atoms with E-state index in [1.807, 2.05) is 108 Å². The Hall–Kier alpha value is -6.29. The minimum absolute atomic E-state index is 0.147. The van der Waals surface area contributed by atoms with E-state index in [2.05, 4.69) is 20.8 Å². The fraction of sp³-hybridized carbons (Fsp3) is 0.133. The number of fused-ring (bicyclic) bond motifs is 3. The number of rotatable bonds is 5. The Morgan fingerprint density at radius 3 is 1.47 bits per heavy atom. The minimum Gasteiger partial charge on any atom is -0.309 e. The van der Waals surface area contributed by atoms with Crippen LogP contribution in [0, 0.1) is 0 Å². The van der Waals surface area contributed by atoms with Gasteiger partial charge in [0.1, 0.15) is 0 Å². The first kappa shape index (κ1) is 35.7. The molecule has 2 aromatic heterocycles. The van der Waals surface area contributed by atoms with Crippen molar-refractivity contribution < 1.29 is 26.3 Å². The largest absolute Gasteiger partial charge is 0.416 e. The van der Waals surface area contributed by atoms with Gasteiger partial charge in [-0.25, -0.2) is 15.0 Å². The summed E-state index contributed by atoms with van der Waals surface area (Å²) in [5, 5.41) is 1.74. The zero-order valence-electron chi connectivity index (χ0n) is 29.8. The molecule has 4 nitrogen and oxygen atoms in total. The predicted octanol–water partition coefficient (Wildman–Crippen LogP) is 13.0. The van der Waals surface area contributed by atoms with E-state index in [1.165, 1.54) is 0 Å². The Morgan fingerprint density at radius 2 is 0.927 bits per heavy atom. The van der Waals surface area contributed by atoms with Crippen LogP contribution in [0.25, 0.3) is 72.8 Å². The third-order valence-electron chi connectivity index (χ3n) is 9.63. The van der Waals surface area contributed by atoms with Crippen LogP contribution in [0.5, 0.6) is 0 Å². The van der Waals surface area contributed by atoms with Crippen LogP contribution in [-0.4, -0.2) is 19.5 Å². The van der Waals surface area contributed by atoms with E-state index in [-0.39, 0.29) is 28.4 Å². The molecule has 0 unspecified atom stereocenters. The van der Waals surface area contributed by atoms with E-state index < -0.39 is 23.5 Å².